The molecule has 23 heavy (non-hydrogen) atoms. The first-order valence-corrected chi connectivity index (χ1v) is 6.61. The van der Waals surface area contributed by atoms with Crippen molar-refractivity contribution in [3.8, 4) is 5.75 Å². The van der Waals surface area contributed by atoms with Crippen molar-refractivity contribution >= 4 is 11.9 Å². The molecule has 0 saturated carbocycles. The summed E-state index contributed by atoms with van der Waals surface area (Å²) in [4.78, 5) is 11.9. The number of ketones is 1. The highest BCUT2D eigenvalue weighted by atomic mass is 19.4. The molecule has 2 aromatic carbocycles. The molecule has 120 valence electrons. The monoisotopic (exact) mass is 324 g/mol. The Labute approximate surface area is 130 Å². The maximum atomic E-state index is 12.8. The average molecular weight is 324 g/mol. The van der Waals surface area contributed by atoms with Crippen LogP contribution < -0.4 is 4.74 Å². The Morgan fingerprint density at radius 3 is 2.17 bits per heavy atom. The number of carbonyl (C=O) groups is 1. The van der Waals surface area contributed by atoms with E-state index in [1.54, 1.807) is 0 Å². The van der Waals surface area contributed by atoms with Gasteiger partial charge in [-0.15, -0.1) is 0 Å². The van der Waals surface area contributed by atoms with Gasteiger partial charge in [0.2, 0.25) is 0 Å². The van der Waals surface area contributed by atoms with Crippen molar-refractivity contribution < 1.29 is 27.1 Å². The zero-order valence-electron chi connectivity index (χ0n) is 11.8. The summed E-state index contributed by atoms with van der Waals surface area (Å²) < 4.78 is 53.4. The highest BCUT2D eigenvalue weighted by molar-refractivity contribution is 6.06. The second-order valence-corrected chi connectivity index (χ2v) is 4.68. The minimum atomic E-state index is -4.39. The molecule has 0 aliphatic carbocycles. The van der Waals surface area contributed by atoms with E-state index in [0.717, 1.165) is 0 Å². The Morgan fingerprint density at radius 2 is 1.61 bits per heavy atom. The average Bonchev–Trinajstić information content (AvgIpc) is 2.51. The number of ether oxygens (including phenoxy) is 1. The topological polar surface area (TPSA) is 26.3 Å². The van der Waals surface area contributed by atoms with Gasteiger partial charge in [0.1, 0.15) is 11.6 Å². The van der Waals surface area contributed by atoms with Gasteiger partial charge in [-0.1, -0.05) is 18.2 Å². The molecular weight excluding hydrogens is 312 g/mol. The Hall–Kier alpha value is -2.63. The summed E-state index contributed by atoms with van der Waals surface area (Å²) in [6.45, 7) is -1.36. The quantitative estimate of drug-likeness (QED) is 0.454. The minimum Gasteiger partial charge on any atom is -0.484 e. The lowest BCUT2D eigenvalue weighted by Crippen LogP contribution is -2.19. The fraction of sp³-hybridized carbons (Fsp3) is 0.118. The SMILES string of the molecule is O=C(C=Cc1ccc(OCC(F)(F)F)cc1)c1ccc(F)cc1. The van der Waals surface area contributed by atoms with Crippen LogP contribution in [0.25, 0.3) is 6.08 Å². The van der Waals surface area contributed by atoms with Gasteiger partial charge in [-0.05, 0) is 48.0 Å². The van der Waals surface area contributed by atoms with Gasteiger partial charge in [-0.25, -0.2) is 4.39 Å². The molecule has 0 unspecified atom stereocenters. The van der Waals surface area contributed by atoms with Crippen LogP contribution in [0.15, 0.2) is 54.6 Å². The number of carbonyl (C=O) groups excluding carboxylic acids is 1. The van der Waals surface area contributed by atoms with Gasteiger partial charge >= 0.3 is 6.18 Å². The molecular formula is C17H12F4O2. The smallest absolute Gasteiger partial charge is 0.422 e. The predicted molar refractivity (Wildman–Crippen MR) is 77.8 cm³/mol. The summed E-state index contributed by atoms with van der Waals surface area (Å²) >= 11 is 0. The van der Waals surface area contributed by atoms with Gasteiger partial charge in [0, 0.05) is 5.56 Å². The van der Waals surface area contributed by atoms with Crippen molar-refractivity contribution in [1.82, 2.24) is 0 Å². The van der Waals surface area contributed by atoms with Crippen LogP contribution in [0.1, 0.15) is 15.9 Å². The fourth-order valence-corrected chi connectivity index (χ4v) is 1.72. The molecule has 0 bridgehead atoms. The first-order valence-electron chi connectivity index (χ1n) is 6.61. The maximum absolute atomic E-state index is 12.8. The summed E-state index contributed by atoms with van der Waals surface area (Å²) in [7, 11) is 0. The molecule has 0 N–H and O–H groups in total. The molecule has 0 aliphatic rings. The zero-order valence-corrected chi connectivity index (χ0v) is 11.8. The lowest BCUT2D eigenvalue weighted by Gasteiger charge is -2.08. The standard InChI is InChI=1S/C17H12F4O2/c18-14-6-4-13(5-7-14)16(22)10-3-12-1-8-15(9-2-12)23-11-17(19,20)21/h1-10H,11H2. The Bertz CT molecular complexity index is 686. The van der Waals surface area contributed by atoms with E-state index in [1.807, 2.05) is 0 Å². The maximum Gasteiger partial charge on any atom is 0.422 e. The molecule has 0 amide bonds. The lowest BCUT2D eigenvalue weighted by molar-refractivity contribution is -0.153. The summed E-state index contributed by atoms with van der Waals surface area (Å²) in [5.74, 6) is -0.647. The van der Waals surface area contributed by atoms with Gasteiger partial charge in [0.05, 0.1) is 0 Å². The molecule has 6 heteroatoms. The van der Waals surface area contributed by atoms with E-state index in [1.165, 1.54) is 60.7 Å². The van der Waals surface area contributed by atoms with Crippen molar-refractivity contribution in [3.05, 3.63) is 71.6 Å². The van der Waals surface area contributed by atoms with Gasteiger partial charge in [-0.2, -0.15) is 13.2 Å². The van der Waals surface area contributed by atoms with Crippen LogP contribution in [0.3, 0.4) is 0 Å². The molecule has 0 saturated heterocycles. The first kappa shape index (κ1) is 16.7. The van der Waals surface area contributed by atoms with Gasteiger partial charge in [0.25, 0.3) is 0 Å². The van der Waals surface area contributed by atoms with Crippen molar-refractivity contribution in [3.63, 3.8) is 0 Å². The molecule has 0 atom stereocenters. The van der Waals surface area contributed by atoms with Gasteiger partial charge in [-0.3, -0.25) is 4.79 Å². The molecule has 0 aromatic heterocycles. The Balaban J connectivity index is 1.97. The van der Waals surface area contributed by atoms with E-state index in [4.69, 9.17) is 0 Å². The van der Waals surface area contributed by atoms with E-state index in [0.29, 0.717) is 11.1 Å². The highest BCUT2D eigenvalue weighted by Gasteiger charge is 2.28. The number of halogens is 4. The molecule has 2 rings (SSSR count). The summed E-state index contributed by atoms with van der Waals surface area (Å²) in [5, 5.41) is 0. The van der Waals surface area contributed by atoms with Crippen molar-refractivity contribution in [2.45, 2.75) is 6.18 Å². The number of hydrogen-bond acceptors (Lipinski definition) is 2. The number of alkyl halides is 3. The van der Waals surface area contributed by atoms with Crippen LogP contribution in [0.2, 0.25) is 0 Å². The van der Waals surface area contributed by atoms with E-state index in [-0.39, 0.29) is 11.5 Å². The van der Waals surface area contributed by atoms with Crippen molar-refractivity contribution in [1.29, 1.82) is 0 Å². The van der Waals surface area contributed by atoms with Crippen LogP contribution in [-0.2, 0) is 0 Å². The first-order chi connectivity index (χ1) is 10.8. The van der Waals surface area contributed by atoms with Crippen molar-refractivity contribution in [2.75, 3.05) is 6.61 Å². The van der Waals surface area contributed by atoms with Crippen LogP contribution in [-0.4, -0.2) is 18.6 Å². The number of benzene rings is 2. The van der Waals surface area contributed by atoms with Crippen LogP contribution in [0, 0.1) is 5.82 Å². The molecule has 2 aromatic rings. The minimum absolute atomic E-state index is 0.0873. The van der Waals surface area contributed by atoms with Gasteiger partial charge in [0.15, 0.2) is 12.4 Å². The number of allylic oxidation sites excluding steroid dienone is 1. The second-order valence-electron chi connectivity index (χ2n) is 4.68. The summed E-state index contributed by atoms with van der Waals surface area (Å²) in [6, 6.07) is 10.9. The van der Waals surface area contributed by atoms with Crippen LogP contribution >= 0.6 is 0 Å². The van der Waals surface area contributed by atoms with E-state index >= 15 is 0 Å². The molecule has 0 aliphatic heterocycles. The summed E-state index contributed by atoms with van der Waals surface area (Å²) in [6.07, 6.45) is -1.57. The lowest BCUT2D eigenvalue weighted by atomic mass is 10.1. The van der Waals surface area contributed by atoms with Crippen LogP contribution in [0.4, 0.5) is 17.6 Å². The third-order valence-corrected chi connectivity index (χ3v) is 2.84. The number of rotatable bonds is 5. The molecule has 0 fully saturated rings. The van der Waals surface area contributed by atoms with Gasteiger partial charge < -0.3 is 4.74 Å². The fourth-order valence-electron chi connectivity index (χ4n) is 1.72. The van der Waals surface area contributed by atoms with Crippen molar-refractivity contribution in [2.24, 2.45) is 0 Å². The summed E-state index contributed by atoms with van der Waals surface area (Å²) in [5.41, 5.74) is 0.965. The van der Waals surface area contributed by atoms with E-state index in [2.05, 4.69) is 4.74 Å². The zero-order chi connectivity index (χ0) is 16.9. The largest absolute Gasteiger partial charge is 0.484 e. The molecule has 0 spiro atoms. The van der Waals surface area contributed by atoms with Crippen LogP contribution in [0.5, 0.6) is 5.75 Å². The second kappa shape index (κ2) is 7.09. The Kier molecular flexibility index (Phi) is 5.16. The highest BCUT2D eigenvalue weighted by Crippen LogP contribution is 2.19. The Morgan fingerprint density at radius 1 is 1.00 bits per heavy atom. The predicted octanol–water partition coefficient (Wildman–Crippen LogP) is 4.66. The molecule has 0 radical (unpaired) electrons. The van der Waals surface area contributed by atoms with E-state index in [9.17, 15) is 22.4 Å². The molecule has 0 heterocycles. The normalized spacial score (nSPS) is 11.7. The number of hydrogen-bond donors (Lipinski definition) is 0. The van der Waals surface area contributed by atoms with E-state index < -0.39 is 18.6 Å². The third-order valence-electron chi connectivity index (χ3n) is 2.84. The molecule has 2 nitrogen and oxygen atoms in total. The third kappa shape index (κ3) is 5.58.